The molecule has 0 radical (unpaired) electrons. The van der Waals surface area contributed by atoms with E-state index >= 15 is 0 Å². The molecule has 0 aromatic heterocycles. The Morgan fingerprint density at radius 3 is 2.61 bits per heavy atom. The Labute approximate surface area is 109 Å². The summed E-state index contributed by atoms with van der Waals surface area (Å²) in [5.41, 5.74) is 2.21. The molecule has 1 amide bonds. The van der Waals surface area contributed by atoms with Crippen LogP contribution in [0.5, 0.6) is 0 Å². The van der Waals surface area contributed by atoms with E-state index in [9.17, 15) is 9.90 Å². The van der Waals surface area contributed by atoms with Crippen LogP contribution in [0.25, 0.3) is 0 Å². The van der Waals surface area contributed by atoms with E-state index < -0.39 is 0 Å². The normalized spacial score (nSPS) is 14.1. The molecule has 2 unspecified atom stereocenters. The molecular formula is C15H23NO2. The van der Waals surface area contributed by atoms with Crippen LogP contribution >= 0.6 is 0 Å². The van der Waals surface area contributed by atoms with Crippen molar-refractivity contribution in [2.75, 3.05) is 13.6 Å². The maximum absolute atomic E-state index is 12.2. The monoisotopic (exact) mass is 249 g/mol. The molecule has 0 aliphatic heterocycles. The summed E-state index contributed by atoms with van der Waals surface area (Å²) >= 11 is 0. The number of hydrogen-bond acceptors (Lipinski definition) is 2. The number of carbonyl (C=O) groups is 1. The van der Waals surface area contributed by atoms with Crippen molar-refractivity contribution in [1.82, 2.24) is 4.90 Å². The van der Waals surface area contributed by atoms with Crippen molar-refractivity contribution < 1.29 is 9.90 Å². The summed E-state index contributed by atoms with van der Waals surface area (Å²) in [4.78, 5) is 13.9. The van der Waals surface area contributed by atoms with Gasteiger partial charge in [0.05, 0.1) is 12.0 Å². The molecule has 3 heteroatoms. The lowest BCUT2D eigenvalue weighted by atomic mass is 9.98. The molecule has 18 heavy (non-hydrogen) atoms. The molecule has 0 fully saturated rings. The van der Waals surface area contributed by atoms with Crippen LogP contribution in [-0.2, 0) is 4.79 Å². The number of benzene rings is 1. The van der Waals surface area contributed by atoms with E-state index in [0.29, 0.717) is 13.0 Å². The smallest absolute Gasteiger partial charge is 0.229 e. The molecule has 100 valence electrons. The molecule has 0 bridgehead atoms. The molecule has 1 aromatic rings. The Bertz CT molecular complexity index is 401. The van der Waals surface area contributed by atoms with Crippen molar-refractivity contribution in [2.24, 2.45) is 0 Å². The fourth-order valence-electron chi connectivity index (χ4n) is 1.90. The third kappa shape index (κ3) is 4.15. The summed E-state index contributed by atoms with van der Waals surface area (Å²) in [6.07, 6.45) is 0.248. The van der Waals surface area contributed by atoms with Crippen molar-refractivity contribution in [1.29, 1.82) is 0 Å². The Morgan fingerprint density at radius 1 is 1.39 bits per heavy atom. The minimum Gasteiger partial charge on any atom is -0.393 e. The maximum atomic E-state index is 12.2. The molecule has 1 N–H and O–H groups in total. The van der Waals surface area contributed by atoms with Gasteiger partial charge in [0.25, 0.3) is 0 Å². The van der Waals surface area contributed by atoms with Gasteiger partial charge in [-0.3, -0.25) is 4.79 Å². The van der Waals surface area contributed by atoms with E-state index in [-0.39, 0.29) is 17.9 Å². The minimum absolute atomic E-state index is 0.0984. The summed E-state index contributed by atoms with van der Waals surface area (Å²) in [5, 5.41) is 9.24. The van der Waals surface area contributed by atoms with Gasteiger partial charge in [0.2, 0.25) is 5.91 Å². The number of hydrogen-bond donors (Lipinski definition) is 1. The SMILES string of the molecule is Cc1cccc(C(C)C(=O)N(C)CCC(C)O)c1. The summed E-state index contributed by atoms with van der Waals surface area (Å²) in [7, 11) is 1.79. The number of nitrogens with zero attached hydrogens (tertiary/aromatic N) is 1. The van der Waals surface area contributed by atoms with E-state index in [1.54, 1.807) is 18.9 Å². The van der Waals surface area contributed by atoms with Crippen molar-refractivity contribution in [3.05, 3.63) is 35.4 Å². The van der Waals surface area contributed by atoms with Gasteiger partial charge in [-0.15, -0.1) is 0 Å². The fraction of sp³-hybridized carbons (Fsp3) is 0.533. The largest absolute Gasteiger partial charge is 0.393 e. The first-order valence-electron chi connectivity index (χ1n) is 6.41. The Hall–Kier alpha value is -1.35. The number of amides is 1. The van der Waals surface area contributed by atoms with Crippen LogP contribution in [0.4, 0.5) is 0 Å². The van der Waals surface area contributed by atoms with Gasteiger partial charge in [-0.25, -0.2) is 0 Å². The number of carbonyl (C=O) groups excluding carboxylic acids is 1. The highest BCUT2D eigenvalue weighted by atomic mass is 16.3. The number of aliphatic hydroxyl groups excluding tert-OH is 1. The predicted octanol–water partition coefficient (Wildman–Crippen LogP) is 2.33. The van der Waals surface area contributed by atoms with E-state index in [2.05, 4.69) is 0 Å². The molecular weight excluding hydrogens is 226 g/mol. The first-order chi connectivity index (χ1) is 8.41. The van der Waals surface area contributed by atoms with Crippen LogP contribution < -0.4 is 0 Å². The van der Waals surface area contributed by atoms with E-state index in [4.69, 9.17) is 0 Å². The molecule has 2 atom stereocenters. The number of aliphatic hydroxyl groups is 1. The fourth-order valence-corrected chi connectivity index (χ4v) is 1.90. The van der Waals surface area contributed by atoms with E-state index in [0.717, 1.165) is 5.56 Å². The van der Waals surface area contributed by atoms with Gasteiger partial charge in [0.1, 0.15) is 0 Å². The van der Waals surface area contributed by atoms with Crippen LogP contribution in [0.15, 0.2) is 24.3 Å². The number of aryl methyl sites for hydroxylation is 1. The van der Waals surface area contributed by atoms with Crippen LogP contribution in [0.3, 0.4) is 0 Å². The third-order valence-electron chi connectivity index (χ3n) is 3.17. The summed E-state index contributed by atoms with van der Waals surface area (Å²) in [6.45, 7) is 6.28. The van der Waals surface area contributed by atoms with Gasteiger partial charge in [0.15, 0.2) is 0 Å². The summed E-state index contributed by atoms with van der Waals surface area (Å²) < 4.78 is 0. The zero-order chi connectivity index (χ0) is 13.7. The van der Waals surface area contributed by atoms with Crippen LogP contribution in [0, 0.1) is 6.92 Å². The summed E-state index contributed by atoms with van der Waals surface area (Å²) in [5.74, 6) is -0.0369. The quantitative estimate of drug-likeness (QED) is 0.870. The molecule has 0 aliphatic rings. The van der Waals surface area contributed by atoms with Gasteiger partial charge in [-0.2, -0.15) is 0 Å². The Balaban J connectivity index is 2.66. The highest BCUT2D eigenvalue weighted by Gasteiger charge is 2.19. The van der Waals surface area contributed by atoms with Crippen molar-refractivity contribution in [3.63, 3.8) is 0 Å². The van der Waals surface area contributed by atoms with E-state index in [1.807, 2.05) is 38.1 Å². The molecule has 0 saturated heterocycles. The second kappa shape index (κ2) is 6.55. The van der Waals surface area contributed by atoms with Crippen molar-refractivity contribution in [2.45, 2.75) is 39.2 Å². The average molecular weight is 249 g/mol. The highest BCUT2D eigenvalue weighted by Crippen LogP contribution is 2.18. The average Bonchev–Trinajstić information content (AvgIpc) is 2.34. The second-order valence-corrected chi connectivity index (χ2v) is 5.03. The van der Waals surface area contributed by atoms with Gasteiger partial charge >= 0.3 is 0 Å². The minimum atomic E-state index is -0.366. The molecule has 0 aliphatic carbocycles. The van der Waals surface area contributed by atoms with Gasteiger partial charge in [-0.1, -0.05) is 29.8 Å². The maximum Gasteiger partial charge on any atom is 0.229 e. The standard InChI is InChI=1S/C15H23NO2/c1-11-6-5-7-14(10-11)13(3)15(18)16(4)9-8-12(2)17/h5-7,10,12-13,17H,8-9H2,1-4H3. The molecule has 0 heterocycles. The zero-order valence-corrected chi connectivity index (χ0v) is 11.7. The predicted molar refractivity (Wildman–Crippen MR) is 73.5 cm³/mol. The lowest BCUT2D eigenvalue weighted by Crippen LogP contribution is -2.32. The molecule has 0 saturated carbocycles. The van der Waals surface area contributed by atoms with Crippen molar-refractivity contribution in [3.8, 4) is 0 Å². The third-order valence-corrected chi connectivity index (χ3v) is 3.17. The zero-order valence-electron chi connectivity index (χ0n) is 11.7. The van der Waals surface area contributed by atoms with Gasteiger partial charge in [-0.05, 0) is 32.8 Å². The lowest BCUT2D eigenvalue weighted by Gasteiger charge is -2.22. The van der Waals surface area contributed by atoms with Gasteiger partial charge in [0, 0.05) is 13.6 Å². The number of rotatable bonds is 5. The van der Waals surface area contributed by atoms with Crippen LogP contribution in [-0.4, -0.2) is 35.6 Å². The Kier molecular flexibility index (Phi) is 5.35. The first kappa shape index (κ1) is 14.7. The Morgan fingerprint density at radius 2 is 2.06 bits per heavy atom. The molecule has 1 aromatic carbocycles. The van der Waals surface area contributed by atoms with Gasteiger partial charge < -0.3 is 10.0 Å². The second-order valence-electron chi connectivity index (χ2n) is 5.03. The topological polar surface area (TPSA) is 40.5 Å². The molecule has 1 rings (SSSR count). The van der Waals surface area contributed by atoms with Crippen LogP contribution in [0.1, 0.15) is 37.3 Å². The number of likely N-dealkylation sites (N-methyl/N-ethyl adjacent to an activating group) is 1. The summed E-state index contributed by atoms with van der Waals surface area (Å²) in [6, 6.07) is 8.03. The highest BCUT2D eigenvalue weighted by molar-refractivity contribution is 5.83. The van der Waals surface area contributed by atoms with E-state index in [1.165, 1.54) is 5.56 Å². The lowest BCUT2D eigenvalue weighted by molar-refractivity contribution is -0.131. The van der Waals surface area contributed by atoms with Crippen molar-refractivity contribution >= 4 is 5.91 Å². The first-order valence-corrected chi connectivity index (χ1v) is 6.41. The molecule has 3 nitrogen and oxygen atoms in total. The van der Waals surface area contributed by atoms with Crippen LogP contribution in [0.2, 0.25) is 0 Å². The molecule has 0 spiro atoms.